The minimum absolute atomic E-state index is 0.131. The second kappa shape index (κ2) is 13.7. The summed E-state index contributed by atoms with van der Waals surface area (Å²) in [6.45, 7) is 1.39. The molecule has 0 aromatic heterocycles. The highest BCUT2D eigenvalue weighted by Crippen LogP contribution is 2.29. The van der Waals surface area contributed by atoms with Crippen LogP contribution in [-0.2, 0) is 21.2 Å². The number of aryl methyl sites for hydroxylation is 1. The molecule has 43 heavy (non-hydrogen) atoms. The number of hydrogen-bond donors (Lipinski definition) is 4. The van der Waals surface area contributed by atoms with Crippen LogP contribution in [0, 0.1) is 6.92 Å². The number of aliphatic carboxylic acids is 1. The van der Waals surface area contributed by atoms with Gasteiger partial charge < -0.3 is 20.8 Å². The van der Waals surface area contributed by atoms with Gasteiger partial charge in [0.1, 0.15) is 0 Å². The highest BCUT2D eigenvalue weighted by atomic mass is 32.2. The fraction of sp³-hybridized carbons (Fsp3) is 0.281. The first-order valence-electron chi connectivity index (χ1n) is 13.9. The molecule has 0 saturated carbocycles. The molecule has 0 heterocycles. The monoisotopic (exact) mass is 605 g/mol. The first-order chi connectivity index (χ1) is 20.4. The lowest BCUT2D eigenvalue weighted by atomic mass is 9.93. The summed E-state index contributed by atoms with van der Waals surface area (Å²) in [7, 11) is -3.50. The molecule has 0 bridgehead atoms. The average Bonchev–Trinajstić information content (AvgIpc) is 2.99. The van der Waals surface area contributed by atoms with Crippen LogP contribution in [0.2, 0.25) is 0 Å². The summed E-state index contributed by atoms with van der Waals surface area (Å²) in [6, 6.07) is 18.4. The van der Waals surface area contributed by atoms with Gasteiger partial charge in [-0.15, -0.1) is 0 Å². The van der Waals surface area contributed by atoms with Crippen molar-refractivity contribution < 1.29 is 33.0 Å². The van der Waals surface area contributed by atoms with Gasteiger partial charge in [-0.3, -0.25) is 9.69 Å². The van der Waals surface area contributed by atoms with E-state index < -0.39 is 40.4 Å². The highest BCUT2D eigenvalue weighted by molar-refractivity contribution is 7.90. The van der Waals surface area contributed by atoms with Crippen LogP contribution in [-0.4, -0.2) is 55.4 Å². The lowest BCUT2D eigenvalue weighted by molar-refractivity contribution is -0.146. The zero-order valence-electron chi connectivity index (χ0n) is 24.0. The largest absolute Gasteiger partial charge is 0.479 e. The summed E-state index contributed by atoms with van der Waals surface area (Å²) in [6.07, 6.45) is 6.04. The molecule has 0 spiro atoms. The Balaban J connectivity index is 1.58. The number of nitrogens with zero attached hydrogens (tertiary/aromatic N) is 1. The average molecular weight is 606 g/mol. The molecule has 4 rings (SSSR count). The molecule has 4 N–H and O–H groups in total. The lowest BCUT2D eigenvalue weighted by Gasteiger charge is -2.24. The number of amides is 3. The SMILES string of the molecule is Cc1ccc(NC(=O)N(Cc2ccc(C(=O)NC[C@@H](O)C(=O)O)cc2)c2ccc(C3=CCCCC3)cc2)cc1S(C)(=O)=O. The van der Waals surface area contributed by atoms with E-state index in [1.165, 1.54) is 23.0 Å². The Morgan fingerprint density at radius 1 is 0.977 bits per heavy atom. The maximum absolute atomic E-state index is 13.6. The molecule has 226 valence electrons. The van der Waals surface area contributed by atoms with E-state index in [-0.39, 0.29) is 17.0 Å². The quantitative estimate of drug-likeness (QED) is 0.260. The van der Waals surface area contributed by atoms with E-state index in [0.717, 1.165) is 31.1 Å². The van der Waals surface area contributed by atoms with Crippen LogP contribution >= 0.6 is 0 Å². The Labute approximate surface area is 251 Å². The third kappa shape index (κ3) is 8.30. The van der Waals surface area contributed by atoms with Crippen molar-refractivity contribution in [2.75, 3.05) is 23.0 Å². The number of sulfone groups is 1. The number of nitrogens with one attached hydrogen (secondary N) is 2. The standard InChI is InChI=1S/C32H35N3O7S/c1-21-8-15-26(18-29(21)43(2,41)42)34-32(40)35(27-16-13-24(14-17-27)23-6-4-3-5-7-23)20-22-9-11-25(12-10-22)30(37)33-19-28(36)31(38)39/h6,8-18,28,36H,3-5,7,19-20H2,1-2H3,(H,33,37)(H,34,40)(H,38,39)/t28-/m1/s1. The van der Waals surface area contributed by atoms with Crippen LogP contribution in [0.5, 0.6) is 0 Å². The van der Waals surface area contributed by atoms with E-state index in [2.05, 4.69) is 16.7 Å². The number of allylic oxidation sites excluding steroid dienone is 2. The third-order valence-electron chi connectivity index (χ3n) is 7.22. The number of rotatable bonds is 10. The summed E-state index contributed by atoms with van der Waals surface area (Å²) in [5.41, 5.74) is 4.88. The van der Waals surface area contributed by atoms with Crippen LogP contribution in [0.1, 0.15) is 52.7 Å². The number of carbonyl (C=O) groups is 3. The van der Waals surface area contributed by atoms with Crippen molar-refractivity contribution in [3.8, 4) is 0 Å². The number of hydrogen-bond acceptors (Lipinski definition) is 6. The number of carbonyl (C=O) groups excluding carboxylic acids is 2. The van der Waals surface area contributed by atoms with Crippen LogP contribution in [0.25, 0.3) is 5.57 Å². The number of anilines is 2. The molecule has 0 unspecified atom stereocenters. The molecule has 0 saturated heterocycles. The number of carboxylic acids is 1. The van der Waals surface area contributed by atoms with Gasteiger partial charge in [0.2, 0.25) is 0 Å². The molecule has 3 aromatic rings. The van der Waals surface area contributed by atoms with Gasteiger partial charge in [-0.25, -0.2) is 18.0 Å². The smallest absolute Gasteiger partial charge is 0.334 e. The topological polar surface area (TPSA) is 153 Å². The predicted molar refractivity (Wildman–Crippen MR) is 165 cm³/mol. The third-order valence-corrected chi connectivity index (χ3v) is 8.46. The molecule has 1 atom stereocenters. The summed E-state index contributed by atoms with van der Waals surface area (Å²) < 4.78 is 24.5. The van der Waals surface area contributed by atoms with E-state index in [1.807, 2.05) is 24.3 Å². The van der Waals surface area contributed by atoms with Crippen molar-refractivity contribution in [3.05, 3.63) is 95.1 Å². The van der Waals surface area contributed by atoms with Gasteiger partial charge in [0.15, 0.2) is 15.9 Å². The molecular formula is C32H35N3O7S. The zero-order valence-corrected chi connectivity index (χ0v) is 24.9. The van der Waals surface area contributed by atoms with Gasteiger partial charge in [-0.2, -0.15) is 0 Å². The van der Waals surface area contributed by atoms with Gasteiger partial charge in [-0.1, -0.05) is 36.4 Å². The van der Waals surface area contributed by atoms with Crippen molar-refractivity contribution in [2.45, 2.75) is 50.2 Å². The van der Waals surface area contributed by atoms with Crippen molar-refractivity contribution in [1.82, 2.24) is 5.32 Å². The Morgan fingerprint density at radius 2 is 1.67 bits per heavy atom. The number of benzene rings is 3. The Hall–Kier alpha value is -4.48. The molecular weight excluding hydrogens is 570 g/mol. The van der Waals surface area contributed by atoms with Crippen molar-refractivity contribution >= 4 is 44.7 Å². The molecule has 1 aliphatic carbocycles. The van der Waals surface area contributed by atoms with E-state index in [4.69, 9.17) is 5.11 Å². The molecule has 3 amide bonds. The van der Waals surface area contributed by atoms with Crippen molar-refractivity contribution in [3.63, 3.8) is 0 Å². The van der Waals surface area contributed by atoms with Gasteiger partial charge in [0, 0.05) is 23.2 Å². The normalized spacial score (nSPS) is 13.9. The lowest BCUT2D eigenvalue weighted by Crippen LogP contribution is -2.36. The molecule has 11 heteroatoms. The predicted octanol–water partition coefficient (Wildman–Crippen LogP) is 4.77. The van der Waals surface area contributed by atoms with Gasteiger partial charge in [-0.05, 0) is 91.3 Å². The molecule has 10 nitrogen and oxygen atoms in total. The minimum Gasteiger partial charge on any atom is -0.479 e. The second-order valence-corrected chi connectivity index (χ2v) is 12.5. The summed E-state index contributed by atoms with van der Waals surface area (Å²) >= 11 is 0. The molecule has 1 aliphatic rings. The molecule has 0 fully saturated rings. The highest BCUT2D eigenvalue weighted by Gasteiger charge is 2.20. The molecule has 0 aliphatic heterocycles. The molecule has 3 aromatic carbocycles. The maximum atomic E-state index is 13.6. The Morgan fingerprint density at radius 3 is 2.28 bits per heavy atom. The fourth-order valence-corrected chi connectivity index (χ4v) is 5.82. The summed E-state index contributed by atoms with van der Waals surface area (Å²) in [5, 5.41) is 23.4. The van der Waals surface area contributed by atoms with Crippen LogP contribution in [0.3, 0.4) is 0 Å². The van der Waals surface area contributed by atoms with E-state index in [0.29, 0.717) is 22.5 Å². The first-order valence-corrected chi connectivity index (χ1v) is 15.8. The van der Waals surface area contributed by atoms with Gasteiger partial charge in [0.05, 0.1) is 18.0 Å². The van der Waals surface area contributed by atoms with Crippen molar-refractivity contribution in [2.24, 2.45) is 0 Å². The number of carboxylic acid groups (broad SMARTS) is 1. The number of urea groups is 1. The van der Waals surface area contributed by atoms with Crippen LogP contribution < -0.4 is 15.5 Å². The van der Waals surface area contributed by atoms with Crippen LogP contribution in [0.4, 0.5) is 16.2 Å². The van der Waals surface area contributed by atoms with E-state index >= 15 is 0 Å². The second-order valence-electron chi connectivity index (χ2n) is 10.6. The van der Waals surface area contributed by atoms with Gasteiger partial charge in [0.25, 0.3) is 5.91 Å². The molecule has 0 radical (unpaired) electrons. The Bertz CT molecular complexity index is 1630. The number of aliphatic hydroxyl groups excluding tert-OH is 1. The van der Waals surface area contributed by atoms with E-state index in [1.54, 1.807) is 43.3 Å². The first kappa shape index (κ1) is 31.5. The Kier molecular flexibility index (Phi) is 9.99. The van der Waals surface area contributed by atoms with E-state index in [9.17, 15) is 27.9 Å². The maximum Gasteiger partial charge on any atom is 0.334 e. The summed E-state index contributed by atoms with van der Waals surface area (Å²) in [5.74, 6) is -1.98. The van der Waals surface area contributed by atoms with Crippen LogP contribution in [0.15, 0.2) is 77.7 Å². The zero-order chi connectivity index (χ0) is 31.1. The fourth-order valence-electron chi connectivity index (χ4n) is 4.83. The summed E-state index contributed by atoms with van der Waals surface area (Å²) in [4.78, 5) is 38.5. The number of aliphatic hydroxyl groups is 1. The van der Waals surface area contributed by atoms with Crippen molar-refractivity contribution in [1.29, 1.82) is 0 Å². The minimum atomic E-state index is -3.50. The van der Waals surface area contributed by atoms with Gasteiger partial charge >= 0.3 is 12.0 Å².